The van der Waals surface area contributed by atoms with Crippen LogP contribution in [0.15, 0.2) is 66.7 Å². The Balaban J connectivity index is 2.34. The van der Waals surface area contributed by atoms with Gasteiger partial charge in [0.1, 0.15) is 0 Å². The summed E-state index contributed by atoms with van der Waals surface area (Å²) < 4.78 is 0. The molecule has 2 aromatic rings. The highest BCUT2D eigenvalue weighted by molar-refractivity contribution is 6.09. The van der Waals surface area contributed by atoms with Crippen LogP contribution in [-0.2, 0) is 4.79 Å². The van der Waals surface area contributed by atoms with Gasteiger partial charge in [0, 0.05) is 24.0 Å². The first-order chi connectivity index (χ1) is 10.6. The molecule has 2 rings (SSSR count). The van der Waals surface area contributed by atoms with E-state index in [2.05, 4.69) is 0 Å². The lowest BCUT2D eigenvalue weighted by atomic mass is 10.1. The molecule has 1 amide bonds. The van der Waals surface area contributed by atoms with Crippen molar-refractivity contribution in [1.82, 2.24) is 0 Å². The first-order valence-electron chi connectivity index (χ1n) is 6.70. The monoisotopic (exact) mass is 296 g/mol. The lowest BCUT2D eigenvalue weighted by Gasteiger charge is -2.22. The number of carbonyl (C=O) groups excluding carboxylic acids is 1. The number of carbonyl (C=O) groups is 2. The molecule has 112 valence electrons. The fourth-order valence-corrected chi connectivity index (χ4v) is 2.01. The van der Waals surface area contributed by atoms with Crippen LogP contribution >= 0.6 is 0 Å². The molecule has 0 atom stereocenters. The van der Waals surface area contributed by atoms with Crippen LogP contribution in [0.2, 0.25) is 0 Å². The normalized spacial score (nSPS) is 10.5. The maximum atomic E-state index is 12.7. The van der Waals surface area contributed by atoms with E-state index in [1.54, 1.807) is 36.4 Å². The average molecular weight is 296 g/mol. The summed E-state index contributed by atoms with van der Waals surface area (Å²) in [6, 6.07) is 15.8. The summed E-state index contributed by atoms with van der Waals surface area (Å²) in [6.45, 7) is 0.142. The fraction of sp³-hybridized carbons (Fsp3) is 0.0588. The number of rotatable bonds is 5. The Morgan fingerprint density at radius 3 is 2.32 bits per heavy atom. The van der Waals surface area contributed by atoms with E-state index in [1.165, 1.54) is 11.0 Å². The summed E-state index contributed by atoms with van der Waals surface area (Å²) in [5, 5.41) is 8.69. The molecule has 0 heterocycles. The molecular formula is C17H16N2O3. The van der Waals surface area contributed by atoms with Crippen molar-refractivity contribution < 1.29 is 14.7 Å². The molecule has 0 aliphatic heterocycles. The molecule has 5 heteroatoms. The molecular weight excluding hydrogens is 280 g/mol. The zero-order valence-corrected chi connectivity index (χ0v) is 11.8. The second kappa shape index (κ2) is 7.08. The Morgan fingerprint density at radius 1 is 1.05 bits per heavy atom. The number of nitrogens with zero attached hydrogens (tertiary/aromatic N) is 1. The van der Waals surface area contributed by atoms with Crippen molar-refractivity contribution >= 4 is 23.3 Å². The predicted octanol–water partition coefficient (Wildman–Crippen LogP) is 2.56. The van der Waals surface area contributed by atoms with Crippen LogP contribution in [-0.4, -0.2) is 23.5 Å². The molecule has 0 aliphatic rings. The number of carboxylic acid groups (broad SMARTS) is 1. The maximum absolute atomic E-state index is 12.7. The Labute approximate surface area is 128 Å². The minimum Gasteiger partial charge on any atom is -0.478 e. The Morgan fingerprint density at radius 2 is 1.68 bits per heavy atom. The predicted molar refractivity (Wildman–Crippen MR) is 85.7 cm³/mol. The largest absolute Gasteiger partial charge is 0.478 e. The van der Waals surface area contributed by atoms with E-state index in [9.17, 15) is 9.59 Å². The number of nitrogens with two attached hydrogens (primary N) is 1. The van der Waals surface area contributed by atoms with Crippen LogP contribution in [0.1, 0.15) is 10.4 Å². The van der Waals surface area contributed by atoms with E-state index >= 15 is 0 Å². The van der Waals surface area contributed by atoms with Crippen molar-refractivity contribution in [2.45, 2.75) is 0 Å². The van der Waals surface area contributed by atoms with Gasteiger partial charge in [-0.2, -0.15) is 0 Å². The van der Waals surface area contributed by atoms with Crippen molar-refractivity contribution in [3.05, 3.63) is 72.3 Å². The van der Waals surface area contributed by atoms with Gasteiger partial charge in [0.25, 0.3) is 5.91 Å². The zero-order valence-electron chi connectivity index (χ0n) is 11.8. The molecule has 0 saturated carbocycles. The molecule has 0 radical (unpaired) electrons. The number of hydrogen-bond donors (Lipinski definition) is 2. The summed E-state index contributed by atoms with van der Waals surface area (Å²) in [7, 11) is 0. The van der Waals surface area contributed by atoms with Crippen LogP contribution < -0.4 is 10.6 Å². The highest BCUT2D eigenvalue weighted by atomic mass is 16.4. The van der Waals surface area contributed by atoms with Crippen LogP contribution in [0, 0.1) is 0 Å². The number of carboxylic acids is 1. The number of amides is 1. The van der Waals surface area contributed by atoms with Gasteiger partial charge in [0.2, 0.25) is 0 Å². The summed E-state index contributed by atoms with van der Waals surface area (Å²) >= 11 is 0. The van der Waals surface area contributed by atoms with Gasteiger partial charge in [0.05, 0.1) is 5.56 Å². The van der Waals surface area contributed by atoms with Gasteiger partial charge in [0.15, 0.2) is 0 Å². The number of anilines is 2. The van der Waals surface area contributed by atoms with Gasteiger partial charge in [-0.05, 0) is 24.3 Å². The number of hydrogen-bond acceptors (Lipinski definition) is 3. The maximum Gasteiger partial charge on any atom is 0.328 e. The molecule has 2 aromatic carbocycles. The SMILES string of the molecule is Nc1ccccc1C(=O)N(CC=CC(=O)O)c1ccccc1. The minimum absolute atomic E-state index is 0.142. The van der Waals surface area contributed by atoms with Gasteiger partial charge in [-0.3, -0.25) is 4.79 Å². The smallest absolute Gasteiger partial charge is 0.328 e. The van der Waals surface area contributed by atoms with Crippen molar-refractivity contribution in [1.29, 1.82) is 0 Å². The Bertz CT molecular complexity index is 696. The number of benzene rings is 2. The average Bonchev–Trinajstić information content (AvgIpc) is 2.52. The van der Waals surface area contributed by atoms with E-state index in [0.717, 1.165) is 6.08 Å². The van der Waals surface area contributed by atoms with Crippen molar-refractivity contribution in [2.24, 2.45) is 0 Å². The van der Waals surface area contributed by atoms with Crippen molar-refractivity contribution in [2.75, 3.05) is 17.2 Å². The van der Waals surface area contributed by atoms with Crippen LogP contribution in [0.4, 0.5) is 11.4 Å². The third-order valence-corrected chi connectivity index (χ3v) is 3.05. The molecule has 0 bridgehead atoms. The summed E-state index contributed by atoms with van der Waals surface area (Å²) in [5.74, 6) is -1.33. The summed E-state index contributed by atoms with van der Waals surface area (Å²) in [5.41, 5.74) is 7.30. The number of para-hydroxylation sites is 2. The first kappa shape index (κ1) is 15.3. The summed E-state index contributed by atoms with van der Waals surface area (Å²) in [4.78, 5) is 24.8. The fourth-order valence-electron chi connectivity index (χ4n) is 2.01. The van der Waals surface area contributed by atoms with Crippen molar-refractivity contribution in [3.8, 4) is 0 Å². The van der Waals surface area contributed by atoms with E-state index in [1.807, 2.05) is 18.2 Å². The van der Waals surface area contributed by atoms with Crippen molar-refractivity contribution in [3.63, 3.8) is 0 Å². The van der Waals surface area contributed by atoms with Gasteiger partial charge in [-0.25, -0.2) is 4.79 Å². The molecule has 5 nitrogen and oxygen atoms in total. The number of nitrogen functional groups attached to an aromatic ring is 1. The first-order valence-corrected chi connectivity index (χ1v) is 6.70. The number of aliphatic carboxylic acids is 1. The molecule has 22 heavy (non-hydrogen) atoms. The third-order valence-electron chi connectivity index (χ3n) is 3.05. The highest BCUT2D eigenvalue weighted by Gasteiger charge is 2.18. The van der Waals surface area contributed by atoms with Gasteiger partial charge in [-0.15, -0.1) is 0 Å². The Hall–Kier alpha value is -3.08. The highest BCUT2D eigenvalue weighted by Crippen LogP contribution is 2.20. The topological polar surface area (TPSA) is 83.6 Å². The third kappa shape index (κ3) is 3.73. The molecule has 0 unspecified atom stereocenters. The molecule has 3 N–H and O–H groups in total. The molecule has 0 aromatic heterocycles. The van der Waals surface area contributed by atoms with Crippen LogP contribution in [0.25, 0.3) is 0 Å². The lowest BCUT2D eigenvalue weighted by Crippen LogP contribution is -2.31. The van der Waals surface area contributed by atoms with E-state index in [4.69, 9.17) is 10.8 Å². The molecule has 0 aliphatic carbocycles. The van der Waals surface area contributed by atoms with E-state index in [-0.39, 0.29) is 12.5 Å². The summed E-state index contributed by atoms with van der Waals surface area (Å²) in [6.07, 6.45) is 2.43. The molecule has 0 fully saturated rings. The quantitative estimate of drug-likeness (QED) is 0.656. The van der Waals surface area contributed by atoms with Gasteiger partial charge >= 0.3 is 5.97 Å². The van der Waals surface area contributed by atoms with E-state index in [0.29, 0.717) is 16.9 Å². The second-order valence-electron chi connectivity index (χ2n) is 4.58. The second-order valence-corrected chi connectivity index (χ2v) is 4.58. The Kier molecular flexibility index (Phi) is 4.93. The zero-order chi connectivity index (χ0) is 15.9. The van der Waals surface area contributed by atoms with Crippen LogP contribution in [0.3, 0.4) is 0 Å². The van der Waals surface area contributed by atoms with Gasteiger partial charge < -0.3 is 15.7 Å². The molecule has 0 saturated heterocycles. The van der Waals surface area contributed by atoms with Crippen LogP contribution in [0.5, 0.6) is 0 Å². The molecule has 0 spiro atoms. The van der Waals surface area contributed by atoms with Gasteiger partial charge in [-0.1, -0.05) is 36.4 Å². The van der Waals surface area contributed by atoms with E-state index < -0.39 is 5.97 Å². The lowest BCUT2D eigenvalue weighted by molar-refractivity contribution is -0.131. The minimum atomic E-state index is -1.06. The standard InChI is InChI=1S/C17H16N2O3/c18-15-10-5-4-9-14(15)17(22)19(12-6-11-16(20)21)13-7-2-1-3-8-13/h1-11H,12,18H2,(H,20,21).